The molecule has 3 aliphatic rings. The molecule has 1 heterocycles. The number of likely N-dealkylation sites (tertiary alicyclic amines) is 1. The molecule has 3 rings (SSSR count). The smallest absolute Gasteiger partial charge is 0.410 e. The van der Waals surface area contributed by atoms with Crippen LogP contribution in [0.4, 0.5) is 4.79 Å². The molecule has 0 aromatic heterocycles. The molecule has 4 atom stereocenters. The second-order valence-corrected chi connectivity index (χ2v) is 7.87. The molecule has 1 saturated heterocycles. The van der Waals surface area contributed by atoms with Gasteiger partial charge in [0.2, 0.25) is 0 Å². The van der Waals surface area contributed by atoms with Crippen molar-refractivity contribution in [2.45, 2.75) is 59.3 Å². The highest BCUT2D eigenvalue weighted by Crippen LogP contribution is 2.68. The van der Waals surface area contributed by atoms with Crippen molar-refractivity contribution < 1.29 is 9.53 Å². The number of hydrogen-bond donors (Lipinski definition) is 0. The summed E-state index contributed by atoms with van der Waals surface area (Å²) in [4.78, 5) is 14.9. The SMILES string of the molecule is COC(=O)N1[C@]23CCCC[C@@]12C[C@H](Br)[C@H](Br)C3. The van der Waals surface area contributed by atoms with Gasteiger partial charge in [-0.3, -0.25) is 4.90 Å². The van der Waals surface area contributed by atoms with Crippen LogP contribution in [0.15, 0.2) is 0 Å². The lowest BCUT2D eigenvalue weighted by molar-refractivity contribution is 0.142. The van der Waals surface area contributed by atoms with Gasteiger partial charge in [-0.15, -0.1) is 0 Å². The standard InChI is InChI=1S/C12H17Br2NO2/c1-17-10(16)15-11-4-2-3-5-12(11,15)7-9(14)8(13)6-11/h8-9H,2-7H2,1H3/t8-,9+,11-,12-,15?/m0/s1. The third kappa shape index (κ3) is 1.41. The maximum absolute atomic E-state index is 12.0. The third-order valence-electron chi connectivity index (χ3n) is 4.92. The van der Waals surface area contributed by atoms with E-state index in [0.717, 1.165) is 25.7 Å². The molecular formula is C12H17Br2NO2. The van der Waals surface area contributed by atoms with Gasteiger partial charge in [0.25, 0.3) is 0 Å². The molecule has 1 aliphatic heterocycles. The fourth-order valence-corrected chi connectivity index (χ4v) is 5.64. The summed E-state index contributed by atoms with van der Waals surface area (Å²) in [5, 5.41) is 0. The van der Waals surface area contributed by atoms with Gasteiger partial charge in [0.05, 0.1) is 18.2 Å². The number of carbonyl (C=O) groups is 1. The predicted molar refractivity (Wildman–Crippen MR) is 72.8 cm³/mol. The predicted octanol–water partition coefficient (Wildman–Crippen LogP) is 3.44. The molecule has 0 radical (unpaired) electrons. The first-order valence-electron chi connectivity index (χ1n) is 6.24. The summed E-state index contributed by atoms with van der Waals surface area (Å²) in [6, 6.07) is 0. The Labute approximate surface area is 119 Å². The summed E-state index contributed by atoms with van der Waals surface area (Å²) in [6.07, 6.45) is 6.74. The van der Waals surface area contributed by atoms with Crippen LogP contribution in [0.5, 0.6) is 0 Å². The van der Waals surface area contributed by atoms with Crippen LogP contribution in [0.3, 0.4) is 0 Å². The lowest BCUT2D eigenvalue weighted by Crippen LogP contribution is -2.41. The summed E-state index contributed by atoms with van der Waals surface area (Å²) in [5.41, 5.74) is 0.188. The van der Waals surface area contributed by atoms with Crippen molar-refractivity contribution in [3.8, 4) is 0 Å². The molecule has 5 heteroatoms. The van der Waals surface area contributed by atoms with Crippen molar-refractivity contribution in [2.75, 3.05) is 7.11 Å². The van der Waals surface area contributed by atoms with Crippen LogP contribution in [0.1, 0.15) is 38.5 Å². The van der Waals surface area contributed by atoms with E-state index in [9.17, 15) is 4.79 Å². The van der Waals surface area contributed by atoms with Crippen LogP contribution in [0, 0.1) is 0 Å². The van der Waals surface area contributed by atoms with Crippen LogP contribution in [-0.2, 0) is 4.74 Å². The lowest BCUT2D eigenvalue weighted by Gasteiger charge is -2.35. The molecule has 2 aliphatic carbocycles. The first kappa shape index (κ1) is 12.3. The molecule has 0 N–H and O–H groups in total. The average molecular weight is 367 g/mol. The summed E-state index contributed by atoms with van der Waals surface area (Å²) in [5.74, 6) is 0. The molecule has 3 nitrogen and oxygen atoms in total. The number of alkyl halides is 2. The number of rotatable bonds is 0. The molecular weight excluding hydrogens is 350 g/mol. The molecule has 17 heavy (non-hydrogen) atoms. The van der Waals surface area contributed by atoms with Crippen LogP contribution >= 0.6 is 31.9 Å². The first-order chi connectivity index (χ1) is 8.07. The van der Waals surface area contributed by atoms with Crippen molar-refractivity contribution in [1.82, 2.24) is 4.90 Å². The molecule has 0 spiro atoms. The Hall–Kier alpha value is 0.230. The fraction of sp³-hybridized carbons (Fsp3) is 0.917. The lowest BCUT2D eigenvalue weighted by atomic mass is 9.71. The van der Waals surface area contributed by atoms with Crippen molar-refractivity contribution in [3.63, 3.8) is 0 Å². The van der Waals surface area contributed by atoms with Crippen LogP contribution in [0.25, 0.3) is 0 Å². The zero-order valence-corrected chi connectivity index (χ0v) is 13.1. The van der Waals surface area contributed by atoms with E-state index in [1.54, 1.807) is 0 Å². The number of halogens is 2. The molecule has 1 amide bonds. The van der Waals surface area contributed by atoms with Crippen LogP contribution < -0.4 is 0 Å². The maximum Gasteiger partial charge on any atom is 0.410 e. The average Bonchev–Trinajstić information content (AvgIpc) is 2.90. The van der Waals surface area contributed by atoms with Crippen molar-refractivity contribution in [1.29, 1.82) is 0 Å². The number of hydrogen-bond acceptors (Lipinski definition) is 2. The molecule has 0 aromatic carbocycles. The Bertz CT molecular complexity index is 338. The highest BCUT2D eigenvalue weighted by atomic mass is 79.9. The second-order valence-electron chi connectivity index (χ2n) is 5.52. The number of nitrogens with zero attached hydrogens (tertiary/aromatic N) is 1. The van der Waals surface area contributed by atoms with Gasteiger partial charge in [-0.2, -0.15) is 0 Å². The largest absolute Gasteiger partial charge is 0.453 e. The van der Waals surface area contributed by atoms with Crippen molar-refractivity contribution in [3.05, 3.63) is 0 Å². The zero-order valence-electron chi connectivity index (χ0n) is 9.92. The van der Waals surface area contributed by atoms with Gasteiger partial charge >= 0.3 is 6.09 Å². The number of methoxy groups -OCH3 is 1. The minimum absolute atomic E-state index is 0.0940. The van der Waals surface area contributed by atoms with Gasteiger partial charge in [0.15, 0.2) is 0 Å². The van der Waals surface area contributed by atoms with Crippen molar-refractivity contribution >= 4 is 38.0 Å². The number of carbonyl (C=O) groups excluding carboxylic acids is 1. The van der Waals surface area contributed by atoms with Crippen molar-refractivity contribution in [2.24, 2.45) is 0 Å². The summed E-state index contributed by atoms with van der Waals surface area (Å²) >= 11 is 7.49. The van der Waals surface area contributed by atoms with E-state index < -0.39 is 0 Å². The van der Waals surface area contributed by atoms with Crippen LogP contribution in [-0.4, -0.2) is 38.8 Å². The topological polar surface area (TPSA) is 29.3 Å². The van der Waals surface area contributed by atoms with Gasteiger partial charge in [-0.1, -0.05) is 44.7 Å². The van der Waals surface area contributed by atoms with Crippen LogP contribution in [0.2, 0.25) is 0 Å². The Morgan fingerprint density at radius 1 is 1.18 bits per heavy atom. The molecule has 2 saturated carbocycles. The molecule has 3 fully saturated rings. The highest BCUT2D eigenvalue weighted by Gasteiger charge is 2.79. The van der Waals surface area contributed by atoms with Gasteiger partial charge in [-0.05, 0) is 25.7 Å². The van der Waals surface area contributed by atoms with E-state index in [1.807, 2.05) is 4.90 Å². The Morgan fingerprint density at radius 3 is 2.06 bits per heavy atom. The number of amides is 1. The monoisotopic (exact) mass is 365 g/mol. The second kappa shape index (κ2) is 3.86. The first-order valence-corrected chi connectivity index (χ1v) is 8.07. The number of ether oxygens (including phenoxy) is 1. The summed E-state index contributed by atoms with van der Waals surface area (Å²) < 4.78 is 4.97. The Balaban J connectivity index is 1.95. The van der Waals surface area contributed by atoms with Gasteiger partial charge in [0, 0.05) is 9.65 Å². The molecule has 0 bridgehead atoms. The quantitative estimate of drug-likeness (QED) is 0.485. The minimum Gasteiger partial charge on any atom is -0.453 e. The van der Waals surface area contributed by atoms with E-state index in [4.69, 9.17) is 4.74 Å². The molecule has 0 unspecified atom stereocenters. The highest BCUT2D eigenvalue weighted by molar-refractivity contribution is 9.12. The van der Waals surface area contributed by atoms with Gasteiger partial charge in [-0.25, -0.2) is 4.79 Å². The van der Waals surface area contributed by atoms with E-state index in [1.165, 1.54) is 20.0 Å². The summed E-state index contributed by atoms with van der Waals surface area (Å²) in [7, 11) is 1.49. The minimum atomic E-state index is -0.131. The van der Waals surface area contributed by atoms with Gasteiger partial charge in [0.1, 0.15) is 0 Å². The van der Waals surface area contributed by atoms with E-state index in [2.05, 4.69) is 31.9 Å². The molecule has 0 aromatic rings. The van der Waals surface area contributed by atoms with E-state index in [0.29, 0.717) is 9.65 Å². The van der Waals surface area contributed by atoms with Gasteiger partial charge < -0.3 is 4.74 Å². The Kier molecular flexibility index (Phi) is 2.79. The normalized spacial score (nSPS) is 48.1. The Morgan fingerprint density at radius 2 is 1.65 bits per heavy atom. The maximum atomic E-state index is 12.0. The van der Waals surface area contributed by atoms with E-state index in [-0.39, 0.29) is 17.2 Å². The summed E-state index contributed by atoms with van der Waals surface area (Å²) in [6.45, 7) is 0. The van der Waals surface area contributed by atoms with E-state index >= 15 is 0 Å². The molecule has 96 valence electrons. The fourth-order valence-electron chi connectivity index (χ4n) is 4.20. The zero-order chi connectivity index (χ0) is 12.3. The third-order valence-corrected chi connectivity index (χ3v) is 7.55.